The van der Waals surface area contributed by atoms with Crippen molar-refractivity contribution in [3.8, 4) is 0 Å². The SMILES string of the molecule is Cc1ccc(C(=O)N(CN2CCCC2=O)c2ccc(F)cc2)cc1C. The highest BCUT2D eigenvalue weighted by Crippen LogP contribution is 2.21. The first-order valence-electron chi connectivity index (χ1n) is 8.38. The summed E-state index contributed by atoms with van der Waals surface area (Å²) < 4.78 is 13.3. The average Bonchev–Trinajstić information content (AvgIpc) is 3.00. The van der Waals surface area contributed by atoms with Crippen molar-refractivity contribution in [3.05, 3.63) is 65.0 Å². The van der Waals surface area contributed by atoms with Crippen LogP contribution in [0.15, 0.2) is 42.5 Å². The van der Waals surface area contributed by atoms with E-state index in [1.54, 1.807) is 23.1 Å². The summed E-state index contributed by atoms with van der Waals surface area (Å²) in [7, 11) is 0. The summed E-state index contributed by atoms with van der Waals surface area (Å²) in [6, 6.07) is 11.3. The van der Waals surface area contributed by atoms with E-state index in [2.05, 4.69) is 0 Å². The van der Waals surface area contributed by atoms with E-state index in [1.165, 1.54) is 17.0 Å². The molecule has 3 rings (SSSR count). The molecule has 0 unspecified atom stereocenters. The van der Waals surface area contributed by atoms with Crippen molar-refractivity contribution in [1.82, 2.24) is 4.90 Å². The molecule has 0 aromatic heterocycles. The molecule has 1 heterocycles. The maximum Gasteiger partial charge on any atom is 0.259 e. The van der Waals surface area contributed by atoms with E-state index < -0.39 is 0 Å². The van der Waals surface area contributed by atoms with Gasteiger partial charge in [0, 0.05) is 24.2 Å². The number of nitrogens with zero attached hydrogens (tertiary/aromatic N) is 2. The molecule has 0 spiro atoms. The summed E-state index contributed by atoms with van der Waals surface area (Å²) in [5.41, 5.74) is 3.27. The van der Waals surface area contributed by atoms with E-state index >= 15 is 0 Å². The van der Waals surface area contributed by atoms with Gasteiger partial charge in [0.15, 0.2) is 0 Å². The Hall–Kier alpha value is -2.69. The van der Waals surface area contributed by atoms with Crippen LogP contribution >= 0.6 is 0 Å². The van der Waals surface area contributed by atoms with Crippen LogP contribution in [0.4, 0.5) is 10.1 Å². The number of anilines is 1. The molecule has 2 aromatic rings. The fraction of sp³-hybridized carbons (Fsp3) is 0.300. The molecule has 0 saturated carbocycles. The van der Waals surface area contributed by atoms with Gasteiger partial charge < -0.3 is 4.90 Å². The van der Waals surface area contributed by atoms with Crippen molar-refractivity contribution >= 4 is 17.5 Å². The Balaban J connectivity index is 1.94. The number of hydrogen-bond acceptors (Lipinski definition) is 2. The average molecular weight is 340 g/mol. The van der Waals surface area contributed by atoms with Gasteiger partial charge in [0.2, 0.25) is 5.91 Å². The minimum absolute atomic E-state index is 0.0417. The zero-order valence-corrected chi connectivity index (χ0v) is 14.5. The molecule has 1 saturated heterocycles. The number of benzene rings is 2. The second kappa shape index (κ2) is 7.05. The van der Waals surface area contributed by atoms with Crippen molar-refractivity contribution in [2.45, 2.75) is 26.7 Å². The lowest BCUT2D eigenvalue weighted by Gasteiger charge is -2.28. The van der Waals surface area contributed by atoms with E-state index in [4.69, 9.17) is 0 Å². The van der Waals surface area contributed by atoms with Gasteiger partial charge in [-0.2, -0.15) is 0 Å². The zero-order chi connectivity index (χ0) is 18.0. The second-order valence-corrected chi connectivity index (χ2v) is 6.41. The monoisotopic (exact) mass is 340 g/mol. The van der Waals surface area contributed by atoms with E-state index in [0.717, 1.165) is 17.5 Å². The molecule has 0 radical (unpaired) electrons. The predicted octanol–water partition coefficient (Wildman–Crippen LogP) is 3.67. The topological polar surface area (TPSA) is 40.6 Å². The van der Waals surface area contributed by atoms with Crippen LogP contribution in [-0.4, -0.2) is 29.9 Å². The first-order chi connectivity index (χ1) is 12.0. The summed E-state index contributed by atoms with van der Waals surface area (Å²) in [4.78, 5) is 28.3. The standard InChI is InChI=1S/C20H21FN2O2/c1-14-5-6-16(12-15(14)2)20(25)23(13-22-11-3-4-19(22)24)18-9-7-17(21)8-10-18/h5-10,12H,3-4,11,13H2,1-2H3. The minimum Gasteiger partial charge on any atom is -0.324 e. The molecule has 25 heavy (non-hydrogen) atoms. The minimum atomic E-state index is -0.362. The van der Waals surface area contributed by atoms with Crippen LogP contribution in [0, 0.1) is 19.7 Å². The summed E-state index contributed by atoms with van der Waals surface area (Å²) >= 11 is 0. The maximum atomic E-state index is 13.3. The van der Waals surface area contributed by atoms with Gasteiger partial charge in [0.25, 0.3) is 5.91 Å². The van der Waals surface area contributed by atoms with Gasteiger partial charge in [-0.1, -0.05) is 6.07 Å². The molecule has 0 aliphatic carbocycles. The number of aryl methyl sites for hydroxylation is 2. The van der Waals surface area contributed by atoms with Crippen molar-refractivity contribution in [1.29, 1.82) is 0 Å². The highest BCUT2D eigenvalue weighted by Gasteiger charge is 2.26. The number of halogens is 1. The highest BCUT2D eigenvalue weighted by atomic mass is 19.1. The van der Waals surface area contributed by atoms with Crippen molar-refractivity contribution in [3.63, 3.8) is 0 Å². The molecule has 0 N–H and O–H groups in total. The number of carbonyl (C=O) groups is 2. The van der Waals surface area contributed by atoms with Crippen LogP contribution in [0.25, 0.3) is 0 Å². The maximum absolute atomic E-state index is 13.3. The van der Waals surface area contributed by atoms with Gasteiger partial charge in [-0.15, -0.1) is 0 Å². The zero-order valence-electron chi connectivity index (χ0n) is 14.5. The molecular formula is C20H21FN2O2. The molecular weight excluding hydrogens is 319 g/mol. The molecule has 1 aliphatic rings. The molecule has 5 heteroatoms. The van der Waals surface area contributed by atoms with Crippen molar-refractivity contribution in [2.24, 2.45) is 0 Å². The van der Waals surface area contributed by atoms with Crippen LogP contribution in [0.3, 0.4) is 0 Å². The van der Waals surface area contributed by atoms with Crippen LogP contribution in [0.5, 0.6) is 0 Å². The Morgan fingerprint density at radius 3 is 2.44 bits per heavy atom. The second-order valence-electron chi connectivity index (χ2n) is 6.41. The third kappa shape index (κ3) is 3.71. The summed E-state index contributed by atoms with van der Waals surface area (Å²) in [5, 5.41) is 0. The van der Waals surface area contributed by atoms with Crippen LogP contribution in [0.2, 0.25) is 0 Å². The van der Waals surface area contributed by atoms with Gasteiger partial charge in [0.1, 0.15) is 12.5 Å². The van der Waals surface area contributed by atoms with Gasteiger partial charge in [-0.05, 0) is 67.8 Å². The molecule has 4 nitrogen and oxygen atoms in total. The lowest BCUT2D eigenvalue weighted by molar-refractivity contribution is -0.127. The van der Waals surface area contributed by atoms with Crippen LogP contribution < -0.4 is 4.90 Å². The van der Waals surface area contributed by atoms with Crippen LogP contribution in [0.1, 0.15) is 34.3 Å². The fourth-order valence-corrected chi connectivity index (χ4v) is 2.94. The van der Waals surface area contributed by atoms with Crippen molar-refractivity contribution in [2.75, 3.05) is 18.1 Å². The highest BCUT2D eigenvalue weighted by molar-refractivity contribution is 6.06. The molecule has 0 atom stereocenters. The Labute approximate surface area is 146 Å². The molecule has 0 bridgehead atoms. The number of likely N-dealkylation sites (tertiary alicyclic amines) is 1. The van der Waals surface area contributed by atoms with Gasteiger partial charge in [0.05, 0.1) is 0 Å². The summed E-state index contributed by atoms with van der Waals surface area (Å²) in [6.07, 6.45) is 1.31. The Bertz CT molecular complexity index is 802. The van der Waals surface area contributed by atoms with E-state index in [-0.39, 0.29) is 24.3 Å². The third-order valence-corrected chi connectivity index (χ3v) is 4.62. The number of amides is 2. The Morgan fingerprint density at radius 1 is 1.12 bits per heavy atom. The van der Waals surface area contributed by atoms with Crippen molar-refractivity contribution < 1.29 is 14.0 Å². The van der Waals surface area contributed by atoms with Gasteiger partial charge >= 0.3 is 0 Å². The van der Waals surface area contributed by atoms with E-state index in [9.17, 15) is 14.0 Å². The van der Waals surface area contributed by atoms with Gasteiger partial charge in [-0.25, -0.2) is 4.39 Å². The lowest BCUT2D eigenvalue weighted by Crippen LogP contribution is -2.42. The lowest BCUT2D eigenvalue weighted by atomic mass is 10.1. The first-order valence-corrected chi connectivity index (χ1v) is 8.38. The molecule has 1 fully saturated rings. The normalized spacial score (nSPS) is 14.0. The molecule has 2 aromatic carbocycles. The number of hydrogen-bond donors (Lipinski definition) is 0. The van der Waals surface area contributed by atoms with E-state index in [1.807, 2.05) is 26.0 Å². The predicted molar refractivity (Wildman–Crippen MR) is 94.9 cm³/mol. The number of rotatable bonds is 4. The summed E-state index contributed by atoms with van der Waals surface area (Å²) in [5.74, 6) is -0.519. The molecule has 130 valence electrons. The molecule has 2 amide bonds. The Kier molecular flexibility index (Phi) is 4.83. The quantitative estimate of drug-likeness (QED) is 0.852. The fourth-order valence-electron chi connectivity index (χ4n) is 2.94. The van der Waals surface area contributed by atoms with E-state index in [0.29, 0.717) is 24.2 Å². The number of carbonyl (C=O) groups excluding carboxylic acids is 2. The van der Waals surface area contributed by atoms with Crippen LogP contribution in [-0.2, 0) is 4.79 Å². The first kappa shape index (κ1) is 17.1. The van der Waals surface area contributed by atoms with Gasteiger partial charge in [-0.3, -0.25) is 14.5 Å². The third-order valence-electron chi connectivity index (χ3n) is 4.62. The Morgan fingerprint density at radius 2 is 1.84 bits per heavy atom. The molecule has 1 aliphatic heterocycles. The smallest absolute Gasteiger partial charge is 0.259 e. The largest absolute Gasteiger partial charge is 0.324 e. The summed E-state index contributed by atoms with van der Waals surface area (Å²) in [6.45, 7) is 4.76.